The second-order valence-electron chi connectivity index (χ2n) is 21.9. The second-order valence-corrected chi connectivity index (χ2v) is 219. The van der Waals surface area contributed by atoms with Gasteiger partial charge in [-0.2, -0.15) is 0 Å². The van der Waals surface area contributed by atoms with Crippen LogP contribution in [0.4, 0.5) is 0 Å². The molecule has 0 aliphatic carbocycles. The molecule has 0 saturated carbocycles. The lowest BCUT2D eigenvalue weighted by Crippen LogP contribution is -2.58. The molecule has 0 spiro atoms. The van der Waals surface area contributed by atoms with Crippen LogP contribution in [-0.2, 0) is 187 Å². The summed E-state index contributed by atoms with van der Waals surface area (Å²) in [6.07, 6.45) is 1.67. The van der Waals surface area contributed by atoms with Crippen molar-refractivity contribution in [3.63, 3.8) is 0 Å². The normalized spacial score (nSPS) is 10.7. The SMILES string of the molecule is COc1ccccc1CCC[Si](C)(C)[Si](=O)[Si](=O)[Si](=O)[Si](=O)[Si](=O)[Si](=O)[Si](=O)[Si](=O)[Si](=O)[Si](=O)[Si](=O)[Si](=O)[Si](=O)[Si](=O)[Si](=O)[Si](=O)[Si](=O)[Si](=O)[Si](=O)[Si](=O)[Si](=O)[Si](=O)[Si](=O)[Si](=O)[Si](=O)[Si](=O)[Si](=O)[Si](=O)[Si](=O)[Si](=O)[Si](=O)[Si](=O)[Si](=O)[Si](=O)[Si](=O)[Si](=O)[Si](=O)[SiH2]O[Si](C)(C)CCCc1ccccc1OC(C)=O. The summed E-state index contributed by atoms with van der Waals surface area (Å²) in [4.78, 5) is 11.4. The molecule has 0 radical (unpaired) electrons. The van der Waals surface area contributed by atoms with Gasteiger partial charge in [0.1, 0.15) is 19.1 Å². The van der Waals surface area contributed by atoms with Crippen LogP contribution in [0.5, 0.6) is 11.5 Å². The first-order chi connectivity index (χ1) is 48.8. The molecular formula is C25H40O41Si40. The number of ether oxygens (including phenoxy) is 2. The van der Waals surface area contributed by atoms with E-state index in [9.17, 15) is 170 Å². The molecule has 0 amide bonds. The minimum Gasteiger partial charge on any atom is -0.496 e. The van der Waals surface area contributed by atoms with E-state index in [4.69, 9.17) is 13.6 Å². The molecule has 0 atom stereocenters. The average molecular weight is 2120 g/mol. The molecule has 2 aromatic carbocycles. The number of rotatable bonds is 50. The molecule has 0 aromatic heterocycles. The number of esters is 1. The molecule has 2 aromatic rings. The van der Waals surface area contributed by atoms with Gasteiger partial charge < -0.3 is 179 Å². The number of hydrogen-bond acceptors (Lipinski definition) is 41. The van der Waals surface area contributed by atoms with Gasteiger partial charge in [0.25, 0.3) is 0 Å². The van der Waals surface area contributed by atoms with Crippen molar-refractivity contribution in [3.8, 4) is 11.5 Å². The molecule has 0 unspecified atom stereocenters. The summed E-state index contributed by atoms with van der Waals surface area (Å²) in [5.41, 5.74) is 1.46. The number of aryl methyl sites for hydroxylation is 2. The fourth-order valence-electron chi connectivity index (χ4n) is 7.75. The number of benzene rings is 2. The quantitative estimate of drug-likeness (QED) is 0.0337. The molecule has 106 heavy (non-hydrogen) atoms. The van der Waals surface area contributed by atoms with E-state index < -0.39 is 317 Å². The maximum Gasteiger partial charge on any atom is 0.381 e. The Kier molecular flexibility index (Phi) is 43.7. The summed E-state index contributed by atoms with van der Waals surface area (Å²) in [6.45, 7) is 7.67. The summed E-state index contributed by atoms with van der Waals surface area (Å²) in [6, 6.07) is 14.2. The zero-order valence-electron chi connectivity index (χ0n) is 54.3. The molecular weight excluding hydrogens is 2080 g/mol. The molecule has 0 aliphatic rings. The van der Waals surface area contributed by atoms with Gasteiger partial charge in [0.2, 0.25) is 9.28 Å². The molecule has 81 heteroatoms. The summed E-state index contributed by atoms with van der Waals surface area (Å²) in [7, 11) is -175. The highest BCUT2D eigenvalue weighted by Gasteiger charge is 2.60. The van der Waals surface area contributed by atoms with E-state index in [0.717, 1.165) is 5.56 Å². The van der Waals surface area contributed by atoms with Crippen molar-refractivity contribution in [1.82, 2.24) is 0 Å². The Morgan fingerprint density at radius 2 is 0.509 bits per heavy atom. The van der Waals surface area contributed by atoms with Gasteiger partial charge in [0.05, 0.1) is 7.11 Å². The molecule has 0 fully saturated rings. The van der Waals surface area contributed by atoms with E-state index in [1.807, 2.05) is 0 Å². The minimum atomic E-state index is -4.85. The molecule has 0 heterocycles. The highest BCUT2D eigenvalue weighted by Crippen LogP contribution is 2.24. The third-order valence-electron chi connectivity index (χ3n) is 13.6. The van der Waals surface area contributed by atoms with Crippen LogP contribution >= 0.6 is 0 Å². The van der Waals surface area contributed by atoms with Crippen LogP contribution in [0.1, 0.15) is 30.9 Å². The average Bonchev–Trinajstić information content (AvgIpc) is 0.820. The topological polar surface area (TPSA) is 676 Å². The van der Waals surface area contributed by atoms with Gasteiger partial charge in [-0.05, 0) is 61.7 Å². The molecule has 41 nitrogen and oxygen atoms in total. The van der Waals surface area contributed by atoms with E-state index >= 15 is 0 Å². The predicted octanol–water partition coefficient (Wildman–Crippen LogP) is -12.8. The lowest BCUT2D eigenvalue weighted by Gasteiger charge is -2.22. The minimum absolute atomic E-state index is 0.231. The third-order valence-corrected chi connectivity index (χ3v) is 326. The van der Waals surface area contributed by atoms with Gasteiger partial charge in [0.15, 0.2) is 8.32 Å². The largest absolute Gasteiger partial charge is 0.496 e. The van der Waals surface area contributed by atoms with Crippen molar-refractivity contribution < 1.29 is 183 Å². The number of carbonyl (C=O) groups excluding carboxylic acids is 1. The molecule has 0 bridgehead atoms. The maximum atomic E-state index is 13.4. The van der Waals surface area contributed by atoms with Crippen molar-refractivity contribution in [2.45, 2.75) is 70.9 Å². The van der Waals surface area contributed by atoms with Gasteiger partial charge in [0, 0.05) is 6.92 Å². The fraction of sp³-hybridized carbons (Fsp3) is 0.480. The molecule has 0 N–H and O–H groups in total. The number of para-hydroxylation sites is 2. The zero-order valence-corrected chi connectivity index (χ0v) is 94.7. The van der Waals surface area contributed by atoms with Crippen molar-refractivity contribution in [1.29, 1.82) is 0 Å². The van der Waals surface area contributed by atoms with Crippen molar-refractivity contribution in [2.24, 2.45) is 0 Å². The van der Waals surface area contributed by atoms with Gasteiger partial charge in [-0.25, -0.2) is 0 Å². The predicted molar refractivity (Wildman–Crippen MR) is 380 cm³/mol. The monoisotopic (exact) mass is 2120 g/mol. The van der Waals surface area contributed by atoms with E-state index in [1.54, 1.807) is 61.6 Å². The van der Waals surface area contributed by atoms with E-state index in [1.165, 1.54) is 27.1 Å². The van der Waals surface area contributed by atoms with Gasteiger partial charge >= 0.3 is 292 Å². The summed E-state index contributed by atoms with van der Waals surface area (Å²) < 4.78 is 497. The van der Waals surface area contributed by atoms with E-state index in [0.29, 0.717) is 48.8 Å². The number of methoxy groups -OCH3 is 1. The van der Waals surface area contributed by atoms with E-state index in [-0.39, 0.29) is 6.04 Å². The highest BCUT2D eigenvalue weighted by atomic mass is 30.2. The van der Waals surface area contributed by atoms with Crippen LogP contribution in [0.15, 0.2) is 48.5 Å². The Hall–Kier alpha value is -1.05. The van der Waals surface area contributed by atoms with Crippen molar-refractivity contribution in [2.75, 3.05) is 7.11 Å². The maximum absolute atomic E-state index is 13.4. The first kappa shape index (κ1) is 101. The second kappa shape index (κ2) is 45.9. The van der Waals surface area contributed by atoms with Crippen LogP contribution < -0.4 is 9.47 Å². The zero-order chi connectivity index (χ0) is 82.0. The van der Waals surface area contributed by atoms with Gasteiger partial charge in [-0.3, -0.25) is 4.79 Å². The van der Waals surface area contributed by atoms with Crippen LogP contribution in [0, 0.1) is 0 Å². The lowest BCUT2D eigenvalue weighted by atomic mass is 10.1. The molecule has 546 valence electrons. The number of hydrogen-bond donors (Lipinski definition) is 0. The standard InChI is InChI=1S/C25H40O41Si40/c1-21(26)65-25-18-10-8-14-23(25)15-11-19-105(3,4)66-67-68(27)69(28)70(29)71(30)72(31)73(32)74(33)75(34)76(35)77(36)78(37)79(38)80(39)81(40)82(41)83(42)84(43)85(44)86(45)87(46)88(47)89(48)90(49)91(50)92(51)93(52)94(53)95(54)96(55)97(56)98(57)99(58)100(59)101(60)102(61)103(62)104(63)106(5,6)20-12-16-22-13-7-9-17-24(22)64-2/h7-10,13-14,17-18H,11-12,15-16,19-20,67H2,1-6H3. The van der Waals surface area contributed by atoms with Gasteiger partial charge in [-0.15, -0.1) is 0 Å². The fourth-order valence-corrected chi connectivity index (χ4v) is 473. The Bertz CT molecular complexity index is 4780. The highest BCUT2D eigenvalue weighted by molar-refractivity contribution is 7.86. The Balaban J connectivity index is 2.04. The smallest absolute Gasteiger partial charge is 0.381 e. The van der Waals surface area contributed by atoms with Crippen molar-refractivity contribution >= 4 is 317 Å². The molecule has 2 rings (SSSR count). The summed E-state index contributed by atoms with van der Waals surface area (Å²) in [5, 5.41) is 0. The summed E-state index contributed by atoms with van der Waals surface area (Å²) in [5.74, 6) is 0.309. The van der Waals surface area contributed by atoms with Crippen LogP contribution in [0.25, 0.3) is 0 Å². The van der Waals surface area contributed by atoms with E-state index in [2.05, 4.69) is 0 Å². The third kappa shape index (κ3) is 27.6. The molecule has 0 aliphatic heterocycles. The summed E-state index contributed by atoms with van der Waals surface area (Å²) >= 11 is 0. The van der Waals surface area contributed by atoms with Crippen molar-refractivity contribution in [3.05, 3.63) is 59.7 Å². The first-order valence-electron chi connectivity index (χ1n) is 28.4. The first-order valence-corrected chi connectivity index (χ1v) is 127. The molecule has 0 saturated heterocycles. The Labute approximate surface area is 642 Å². The number of carbonyl (C=O) groups is 1. The van der Waals surface area contributed by atoms with Crippen LogP contribution in [0.3, 0.4) is 0 Å². The van der Waals surface area contributed by atoms with Crippen LogP contribution in [-0.4, -0.2) is 324 Å². The Morgan fingerprint density at radius 1 is 0.302 bits per heavy atom. The Morgan fingerprint density at radius 3 is 0.755 bits per heavy atom. The lowest BCUT2D eigenvalue weighted by molar-refractivity contribution is -0.131. The van der Waals surface area contributed by atoms with Crippen LogP contribution in [0.2, 0.25) is 38.3 Å². The van der Waals surface area contributed by atoms with Gasteiger partial charge in [-0.1, -0.05) is 62.0 Å².